The third kappa shape index (κ3) is 4.24. The molecule has 4 aromatic carbocycles. The third-order valence-corrected chi connectivity index (χ3v) is 9.77. The molecule has 0 atom stereocenters. The van der Waals surface area contributed by atoms with E-state index in [1.54, 1.807) is 0 Å². The third-order valence-electron chi connectivity index (χ3n) is 9.77. The van der Waals surface area contributed by atoms with E-state index < -0.39 is 0 Å². The second-order valence-electron chi connectivity index (χ2n) is 12.6. The molecule has 0 saturated carbocycles. The Balaban J connectivity index is 1.52. The standard InChI is InChI=1S/C45H28N4O/c50-45-43-32-27-46-44(43)42(31-19-11-4-12-20-31)38-26-25-37(49(38)45)41(30-17-9-3-10-18-30)36-24-23-35(48-36)40(29-15-7-2-8-16-29)34-22-21-33(47-34)39(32)28-13-5-1-6-14-28/h1-27,47H. The average molecular weight is 641 g/mol. The molecule has 0 radical (unpaired) electrons. The Labute approximate surface area is 287 Å². The van der Waals surface area contributed by atoms with E-state index in [9.17, 15) is 0 Å². The smallest absolute Gasteiger partial charge is 0.265 e. The van der Waals surface area contributed by atoms with Crippen molar-refractivity contribution in [3.63, 3.8) is 0 Å². The number of pyridine rings is 1. The quantitative estimate of drug-likeness (QED) is 0.208. The summed E-state index contributed by atoms with van der Waals surface area (Å²) in [6.45, 7) is 0. The zero-order chi connectivity index (χ0) is 33.2. The summed E-state index contributed by atoms with van der Waals surface area (Å²) in [6.07, 6.45) is 6.03. The number of hydrogen-bond acceptors (Lipinski definition) is 3. The first-order valence-electron chi connectivity index (χ1n) is 16.7. The van der Waals surface area contributed by atoms with Crippen molar-refractivity contribution in [3.05, 3.63) is 174 Å². The van der Waals surface area contributed by atoms with E-state index in [2.05, 4.69) is 102 Å². The lowest BCUT2D eigenvalue weighted by atomic mass is 9.99. The number of aromatic amines is 1. The van der Waals surface area contributed by atoms with Crippen LogP contribution in [0.25, 0.3) is 95.0 Å². The van der Waals surface area contributed by atoms with E-state index in [0.29, 0.717) is 10.9 Å². The van der Waals surface area contributed by atoms with Gasteiger partial charge in [-0.25, -0.2) is 4.98 Å². The van der Waals surface area contributed by atoms with Gasteiger partial charge in [-0.1, -0.05) is 121 Å². The number of nitrogens with one attached hydrogen (secondary N) is 1. The van der Waals surface area contributed by atoms with Crippen LogP contribution in [-0.4, -0.2) is 19.4 Å². The highest BCUT2D eigenvalue weighted by Gasteiger charge is 2.23. The number of H-pyrrole nitrogens is 1. The van der Waals surface area contributed by atoms with Crippen LogP contribution in [0.1, 0.15) is 11.4 Å². The van der Waals surface area contributed by atoms with E-state index >= 15 is 4.79 Å². The largest absolute Gasteiger partial charge is 0.354 e. The molecule has 1 aliphatic heterocycles. The van der Waals surface area contributed by atoms with Gasteiger partial charge in [-0.3, -0.25) is 14.2 Å². The van der Waals surface area contributed by atoms with Crippen molar-refractivity contribution in [3.8, 4) is 44.5 Å². The maximum atomic E-state index is 15.2. The molecule has 0 amide bonds. The Bertz CT molecular complexity index is 2910. The van der Waals surface area contributed by atoms with Gasteiger partial charge in [0.25, 0.3) is 5.56 Å². The summed E-state index contributed by atoms with van der Waals surface area (Å²) < 4.78 is 1.88. The number of hydrogen-bond donors (Lipinski definition) is 1. The molecule has 0 fully saturated rings. The molecular formula is C45H28N4O. The molecule has 1 aliphatic rings. The lowest BCUT2D eigenvalue weighted by Crippen LogP contribution is -2.13. The van der Waals surface area contributed by atoms with Crippen molar-refractivity contribution in [2.75, 3.05) is 0 Å². The molecule has 5 nitrogen and oxygen atoms in total. The highest BCUT2D eigenvalue weighted by Crippen LogP contribution is 2.40. The van der Waals surface area contributed by atoms with Crippen molar-refractivity contribution in [1.29, 1.82) is 0 Å². The summed E-state index contributed by atoms with van der Waals surface area (Å²) in [7, 11) is 0. The first-order chi connectivity index (χ1) is 24.7. The predicted molar refractivity (Wildman–Crippen MR) is 206 cm³/mol. The van der Waals surface area contributed by atoms with E-state index in [0.717, 1.165) is 83.3 Å². The molecular weight excluding hydrogens is 613 g/mol. The number of benzene rings is 4. The Morgan fingerprint density at radius 1 is 0.480 bits per heavy atom. The van der Waals surface area contributed by atoms with Crippen molar-refractivity contribution in [2.24, 2.45) is 0 Å². The number of rotatable bonds is 4. The van der Waals surface area contributed by atoms with Gasteiger partial charge < -0.3 is 4.98 Å². The normalized spacial score (nSPS) is 12.0. The molecule has 5 aromatic heterocycles. The summed E-state index contributed by atoms with van der Waals surface area (Å²) in [5, 5.41) is 1.37. The highest BCUT2D eigenvalue weighted by atomic mass is 16.1. The van der Waals surface area contributed by atoms with Gasteiger partial charge in [-0.05, 0) is 58.7 Å². The Morgan fingerprint density at radius 3 is 1.52 bits per heavy atom. The van der Waals surface area contributed by atoms with Crippen LogP contribution in [0, 0.1) is 0 Å². The highest BCUT2D eigenvalue weighted by molar-refractivity contribution is 6.15. The summed E-state index contributed by atoms with van der Waals surface area (Å²) in [5.41, 5.74) is 13.4. The molecule has 0 aliphatic carbocycles. The van der Waals surface area contributed by atoms with Crippen molar-refractivity contribution < 1.29 is 0 Å². The van der Waals surface area contributed by atoms with Gasteiger partial charge in [0.2, 0.25) is 0 Å². The summed E-state index contributed by atoms with van der Waals surface area (Å²) in [4.78, 5) is 29.4. The molecule has 5 heteroatoms. The topological polar surface area (TPSA) is 63.0 Å². The first-order valence-corrected chi connectivity index (χ1v) is 16.7. The minimum atomic E-state index is -0.115. The molecule has 10 rings (SSSR count). The second-order valence-corrected chi connectivity index (χ2v) is 12.6. The molecule has 9 aromatic rings. The van der Waals surface area contributed by atoms with Crippen LogP contribution in [0.15, 0.2) is 157 Å². The minimum absolute atomic E-state index is 0.115. The maximum Gasteiger partial charge on any atom is 0.265 e. The molecule has 6 bridgehead atoms. The van der Waals surface area contributed by atoms with Gasteiger partial charge in [0.1, 0.15) is 0 Å². The van der Waals surface area contributed by atoms with Crippen molar-refractivity contribution >= 4 is 50.5 Å². The number of aromatic nitrogens is 4. The van der Waals surface area contributed by atoms with E-state index in [1.165, 1.54) is 0 Å². The Hall–Kier alpha value is -6.85. The number of fused-ring (bicyclic) bond motifs is 4. The zero-order valence-electron chi connectivity index (χ0n) is 26.8. The van der Waals surface area contributed by atoms with Crippen LogP contribution in [0.4, 0.5) is 0 Å². The summed E-state index contributed by atoms with van der Waals surface area (Å²) >= 11 is 0. The predicted octanol–water partition coefficient (Wildman–Crippen LogP) is 10.6. The zero-order valence-corrected chi connectivity index (χ0v) is 26.8. The van der Waals surface area contributed by atoms with E-state index in [4.69, 9.17) is 9.97 Å². The van der Waals surface area contributed by atoms with Crippen LogP contribution >= 0.6 is 0 Å². The van der Waals surface area contributed by atoms with Crippen LogP contribution in [-0.2, 0) is 0 Å². The van der Waals surface area contributed by atoms with Gasteiger partial charge in [-0.15, -0.1) is 0 Å². The van der Waals surface area contributed by atoms with Gasteiger partial charge in [-0.2, -0.15) is 0 Å². The molecule has 1 N–H and O–H groups in total. The fourth-order valence-corrected chi connectivity index (χ4v) is 7.62. The second kappa shape index (κ2) is 11.1. The minimum Gasteiger partial charge on any atom is -0.354 e. The maximum absolute atomic E-state index is 15.2. The van der Waals surface area contributed by atoms with Gasteiger partial charge >= 0.3 is 0 Å². The van der Waals surface area contributed by atoms with Gasteiger partial charge in [0, 0.05) is 44.9 Å². The SMILES string of the molecule is O=c1c2c3cnc2c(-c2ccccc2)c2ccc(c(-c4ccccc4)c4nc(c(-c5ccccc5)c5ccc([nH]5)c3-c3ccccc3)C=C4)n12. The van der Waals surface area contributed by atoms with Crippen LogP contribution in [0.5, 0.6) is 0 Å². The van der Waals surface area contributed by atoms with E-state index in [1.807, 2.05) is 71.3 Å². The summed E-state index contributed by atoms with van der Waals surface area (Å²) in [6, 6.07) is 49.5. The van der Waals surface area contributed by atoms with Crippen LogP contribution in [0.3, 0.4) is 0 Å². The summed E-state index contributed by atoms with van der Waals surface area (Å²) in [5.74, 6) is 0. The lowest BCUT2D eigenvalue weighted by molar-refractivity contribution is 1.19. The molecule has 50 heavy (non-hydrogen) atoms. The van der Waals surface area contributed by atoms with Gasteiger partial charge in [0.05, 0.1) is 33.3 Å². The fourth-order valence-electron chi connectivity index (χ4n) is 7.62. The van der Waals surface area contributed by atoms with Crippen LogP contribution < -0.4 is 5.56 Å². The lowest BCUT2D eigenvalue weighted by Gasteiger charge is -2.11. The first kappa shape index (κ1) is 28.2. The monoisotopic (exact) mass is 640 g/mol. The molecule has 234 valence electrons. The molecule has 0 spiro atoms. The van der Waals surface area contributed by atoms with Gasteiger partial charge in [0.15, 0.2) is 0 Å². The fraction of sp³-hybridized carbons (Fsp3) is 0. The average Bonchev–Trinajstić information content (AvgIpc) is 4.00. The van der Waals surface area contributed by atoms with Crippen LogP contribution in [0.2, 0.25) is 0 Å². The molecule has 0 saturated heterocycles. The van der Waals surface area contributed by atoms with E-state index in [-0.39, 0.29) is 5.56 Å². The Kier molecular flexibility index (Phi) is 6.26. The number of nitrogens with zero attached hydrogens (tertiary/aromatic N) is 3. The van der Waals surface area contributed by atoms with Crippen molar-refractivity contribution in [1.82, 2.24) is 19.4 Å². The molecule has 6 heterocycles. The van der Waals surface area contributed by atoms with Crippen molar-refractivity contribution in [2.45, 2.75) is 0 Å². The Morgan fingerprint density at radius 2 is 0.940 bits per heavy atom. The molecule has 0 unspecified atom stereocenters.